The maximum absolute atomic E-state index is 4.42. The van der Waals surface area contributed by atoms with Gasteiger partial charge >= 0.3 is 0 Å². The van der Waals surface area contributed by atoms with Crippen LogP contribution in [0.25, 0.3) is 5.69 Å². The van der Waals surface area contributed by atoms with Gasteiger partial charge in [-0.25, -0.2) is 0 Å². The minimum Gasteiger partial charge on any atom is -0.371 e. The van der Waals surface area contributed by atoms with Crippen LogP contribution in [-0.2, 0) is 0 Å². The van der Waals surface area contributed by atoms with Crippen molar-refractivity contribution in [1.29, 1.82) is 0 Å². The summed E-state index contributed by atoms with van der Waals surface area (Å²) in [5, 5.41) is 16.4. The lowest BCUT2D eigenvalue weighted by Crippen LogP contribution is -2.18. The van der Waals surface area contributed by atoms with E-state index in [0.717, 1.165) is 28.3 Å². The predicted octanol–water partition coefficient (Wildman–Crippen LogP) is 5.16. The van der Waals surface area contributed by atoms with Crippen LogP contribution in [0.5, 0.6) is 0 Å². The number of aryl methyl sites for hydroxylation is 4. The molecule has 0 radical (unpaired) electrons. The molecule has 1 N–H and O–H groups in total. The number of rotatable bonds is 5. The van der Waals surface area contributed by atoms with Gasteiger partial charge in [0.05, 0.1) is 5.69 Å². The first-order valence-corrected chi connectivity index (χ1v) is 10.1. The predicted molar refractivity (Wildman–Crippen MR) is 114 cm³/mol. The first-order chi connectivity index (χ1) is 13.5. The molecule has 0 aliphatic heterocycles. The van der Waals surface area contributed by atoms with Gasteiger partial charge in [-0.15, -0.1) is 16.4 Å². The number of nitrogens with one attached hydrogen (secondary N) is 1. The molecule has 0 bridgehead atoms. The molecule has 6 heteroatoms. The van der Waals surface area contributed by atoms with Crippen molar-refractivity contribution in [2.75, 3.05) is 5.32 Å². The van der Waals surface area contributed by atoms with Crippen LogP contribution in [0.4, 0.5) is 5.69 Å². The third kappa shape index (κ3) is 3.55. The van der Waals surface area contributed by atoms with E-state index in [1.807, 2.05) is 4.68 Å². The van der Waals surface area contributed by atoms with E-state index in [4.69, 9.17) is 0 Å². The number of hydrogen-bond donors (Lipinski definition) is 1. The first kappa shape index (κ1) is 18.4. The molecule has 0 aliphatic carbocycles. The number of aromatic nitrogens is 4. The Morgan fingerprint density at radius 2 is 1.61 bits per heavy atom. The number of thiophene rings is 1. The van der Waals surface area contributed by atoms with Crippen molar-refractivity contribution in [2.24, 2.45) is 0 Å². The molecule has 2 aromatic carbocycles. The number of benzene rings is 2. The molecule has 0 aliphatic rings. The van der Waals surface area contributed by atoms with Crippen LogP contribution in [0.2, 0.25) is 0 Å². The highest BCUT2D eigenvalue weighted by atomic mass is 32.1. The van der Waals surface area contributed by atoms with Gasteiger partial charge < -0.3 is 5.32 Å². The Morgan fingerprint density at radius 3 is 2.25 bits per heavy atom. The molecule has 1 atom stereocenters. The minimum absolute atomic E-state index is 0.143. The largest absolute Gasteiger partial charge is 0.371 e. The van der Waals surface area contributed by atoms with E-state index < -0.39 is 0 Å². The maximum Gasteiger partial charge on any atom is 0.184 e. The van der Waals surface area contributed by atoms with Crippen LogP contribution in [-0.4, -0.2) is 20.2 Å². The highest BCUT2D eigenvalue weighted by molar-refractivity contribution is 7.12. The van der Waals surface area contributed by atoms with Crippen LogP contribution < -0.4 is 5.32 Å². The average molecular weight is 390 g/mol. The molecule has 2 heterocycles. The second-order valence-corrected chi connectivity index (χ2v) is 8.40. The van der Waals surface area contributed by atoms with Gasteiger partial charge in [0.1, 0.15) is 6.04 Å². The van der Waals surface area contributed by atoms with E-state index in [9.17, 15) is 0 Å². The van der Waals surface area contributed by atoms with E-state index in [0.29, 0.717) is 0 Å². The highest BCUT2D eigenvalue weighted by Crippen LogP contribution is 2.32. The Kier molecular flexibility index (Phi) is 4.96. The fourth-order valence-corrected chi connectivity index (χ4v) is 4.29. The van der Waals surface area contributed by atoms with Crippen LogP contribution in [0.1, 0.15) is 38.3 Å². The SMILES string of the molecule is Cc1ccc(NC(c2ccc(C)s2)c2nnnn2-c2c(C)cccc2C)cc1. The second kappa shape index (κ2) is 7.56. The Bertz CT molecular complexity index is 1070. The smallest absolute Gasteiger partial charge is 0.184 e. The Balaban J connectivity index is 1.82. The Labute approximate surface area is 169 Å². The van der Waals surface area contributed by atoms with Crippen LogP contribution >= 0.6 is 11.3 Å². The van der Waals surface area contributed by atoms with Crippen molar-refractivity contribution >= 4 is 17.0 Å². The lowest BCUT2D eigenvalue weighted by molar-refractivity contribution is 0.736. The Hall–Kier alpha value is -2.99. The molecule has 4 aromatic rings. The van der Waals surface area contributed by atoms with Gasteiger partial charge in [0.2, 0.25) is 0 Å². The molecule has 2 aromatic heterocycles. The zero-order valence-electron chi connectivity index (χ0n) is 16.5. The van der Waals surface area contributed by atoms with Gasteiger partial charge in [-0.1, -0.05) is 35.9 Å². The van der Waals surface area contributed by atoms with Crippen molar-refractivity contribution in [3.05, 3.63) is 86.9 Å². The van der Waals surface area contributed by atoms with Crippen molar-refractivity contribution < 1.29 is 0 Å². The summed E-state index contributed by atoms with van der Waals surface area (Å²) in [7, 11) is 0. The minimum atomic E-state index is -0.143. The van der Waals surface area contributed by atoms with E-state index in [1.165, 1.54) is 15.3 Å². The van der Waals surface area contributed by atoms with Crippen LogP contribution in [0, 0.1) is 27.7 Å². The zero-order valence-corrected chi connectivity index (χ0v) is 17.3. The molecule has 5 nitrogen and oxygen atoms in total. The third-order valence-corrected chi connectivity index (χ3v) is 5.88. The number of tetrazole rings is 1. The molecule has 1 unspecified atom stereocenters. The second-order valence-electron chi connectivity index (χ2n) is 7.08. The van der Waals surface area contributed by atoms with Gasteiger partial charge in [-0.05, 0) is 73.5 Å². The van der Waals surface area contributed by atoms with Crippen LogP contribution in [0.3, 0.4) is 0 Å². The lowest BCUT2D eigenvalue weighted by atomic mass is 10.1. The summed E-state index contributed by atoms with van der Waals surface area (Å²) in [5.41, 5.74) is 5.59. The fourth-order valence-electron chi connectivity index (χ4n) is 3.36. The molecule has 142 valence electrons. The van der Waals surface area contributed by atoms with Crippen molar-refractivity contribution in [2.45, 2.75) is 33.7 Å². The quantitative estimate of drug-likeness (QED) is 0.512. The fraction of sp³-hybridized carbons (Fsp3) is 0.227. The summed E-state index contributed by atoms with van der Waals surface area (Å²) >= 11 is 1.76. The summed E-state index contributed by atoms with van der Waals surface area (Å²) in [5.74, 6) is 0.778. The molecular weight excluding hydrogens is 366 g/mol. The number of anilines is 1. The average Bonchev–Trinajstić information content (AvgIpc) is 3.31. The molecule has 0 saturated heterocycles. The van der Waals surface area contributed by atoms with E-state index in [2.05, 4.69) is 103 Å². The molecular formula is C22H23N5S. The third-order valence-electron chi connectivity index (χ3n) is 4.81. The van der Waals surface area contributed by atoms with E-state index in [1.54, 1.807) is 11.3 Å². The summed E-state index contributed by atoms with van der Waals surface area (Å²) in [6, 6.07) is 18.8. The molecule has 4 rings (SSSR count). The monoisotopic (exact) mass is 389 g/mol. The van der Waals surface area contributed by atoms with Gasteiger partial charge in [0, 0.05) is 15.4 Å². The van der Waals surface area contributed by atoms with Crippen molar-refractivity contribution in [3.63, 3.8) is 0 Å². The molecule has 0 saturated carbocycles. The van der Waals surface area contributed by atoms with Gasteiger partial charge in [-0.2, -0.15) is 4.68 Å². The molecule has 0 spiro atoms. The molecule has 0 amide bonds. The van der Waals surface area contributed by atoms with Crippen LogP contribution in [0.15, 0.2) is 54.6 Å². The van der Waals surface area contributed by atoms with E-state index in [-0.39, 0.29) is 6.04 Å². The van der Waals surface area contributed by atoms with Crippen molar-refractivity contribution in [3.8, 4) is 5.69 Å². The zero-order chi connectivity index (χ0) is 19.7. The molecule has 0 fully saturated rings. The number of para-hydroxylation sites is 1. The lowest BCUT2D eigenvalue weighted by Gasteiger charge is -2.20. The highest BCUT2D eigenvalue weighted by Gasteiger charge is 2.24. The first-order valence-electron chi connectivity index (χ1n) is 9.27. The summed E-state index contributed by atoms with van der Waals surface area (Å²) in [4.78, 5) is 2.44. The number of nitrogens with zero attached hydrogens (tertiary/aromatic N) is 4. The number of hydrogen-bond acceptors (Lipinski definition) is 5. The summed E-state index contributed by atoms with van der Waals surface area (Å²) < 4.78 is 1.87. The summed E-state index contributed by atoms with van der Waals surface area (Å²) in [6.07, 6.45) is 0. The van der Waals surface area contributed by atoms with Gasteiger partial charge in [0.15, 0.2) is 5.82 Å². The maximum atomic E-state index is 4.42. The van der Waals surface area contributed by atoms with Gasteiger partial charge in [-0.3, -0.25) is 0 Å². The van der Waals surface area contributed by atoms with Crippen molar-refractivity contribution in [1.82, 2.24) is 20.2 Å². The van der Waals surface area contributed by atoms with Gasteiger partial charge in [0.25, 0.3) is 0 Å². The normalized spacial score (nSPS) is 12.1. The summed E-state index contributed by atoms with van der Waals surface area (Å²) in [6.45, 7) is 8.38. The standard InChI is InChI=1S/C22H23N5S/c1-14-8-11-18(12-9-14)23-20(19-13-10-17(4)28-19)22-24-25-26-27(22)21-15(2)6-5-7-16(21)3/h5-13,20,23H,1-4H3. The van der Waals surface area contributed by atoms with E-state index >= 15 is 0 Å². The molecule has 28 heavy (non-hydrogen) atoms. The Morgan fingerprint density at radius 1 is 0.893 bits per heavy atom. The topological polar surface area (TPSA) is 55.6 Å².